The molecule has 14 heavy (non-hydrogen) atoms. The van der Waals surface area contributed by atoms with Crippen molar-refractivity contribution in [1.29, 1.82) is 0 Å². The minimum absolute atomic E-state index is 0.171. The predicted molar refractivity (Wildman–Crippen MR) is 60.3 cm³/mol. The maximum Gasteiger partial charge on any atom is 0.123 e. The highest BCUT2D eigenvalue weighted by Crippen LogP contribution is 2.19. The molecule has 0 aliphatic heterocycles. The fourth-order valence-corrected chi connectivity index (χ4v) is 2.26. The van der Waals surface area contributed by atoms with Crippen LogP contribution >= 0.6 is 11.8 Å². The van der Waals surface area contributed by atoms with Gasteiger partial charge in [-0.15, -0.1) is 11.8 Å². The summed E-state index contributed by atoms with van der Waals surface area (Å²) in [5.74, 6) is 0.855. The first-order valence-corrected chi connectivity index (χ1v) is 5.80. The van der Waals surface area contributed by atoms with Crippen molar-refractivity contribution in [3.8, 4) is 0 Å². The Balaban J connectivity index is 2.41. The van der Waals surface area contributed by atoms with Crippen LogP contribution in [0.15, 0.2) is 29.2 Å². The van der Waals surface area contributed by atoms with Crippen LogP contribution in [0.25, 0.3) is 0 Å². The molecule has 0 spiro atoms. The van der Waals surface area contributed by atoms with Gasteiger partial charge in [0.1, 0.15) is 5.82 Å². The van der Waals surface area contributed by atoms with Gasteiger partial charge in [0.2, 0.25) is 0 Å². The third-order valence-electron chi connectivity index (χ3n) is 2.17. The minimum Gasteiger partial charge on any atom is -0.316 e. The molecule has 1 nitrogen and oxygen atoms in total. The molecule has 0 aliphatic rings. The molecule has 1 unspecified atom stereocenters. The molecule has 1 atom stereocenters. The Morgan fingerprint density at radius 3 is 2.50 bits per heavy atom. The Hall–Kier alpha value is -0.540. The normalized spacial score (nSPS) is 12.8. The molecule has 0 aromatic heterocycles. The smallest absolute Gasteiger partial charge is 0.123 e. The van der Waals surface area contributed by atoms with E-state index >= 15 is 0 Å². The van der Waals surface area contributed by atoms with Gasteiger partial charge in [-0.2, -0.15) is 0 Å². The Morgan fingerprint density at radius 1 is 1.36 bits per heavy atom. The lowest BCUT2D eigenvalue weighted by molar-refractivity contribution is 0.601. The molecule has 78 valence electrons. The van der Waals surface area contributed by atoms with Gasteiger partial charge in [-0.25, -0.2) is 4.39 Å². The summed E-state index contributed by atoms with van der Waals surface area (Å²) < 4.78 is 12.6. The van der Waals surface area contributed by atoms with E-state index in [2.05, 4.69) is 12.2 Å². The summed E-state index contributed by atoms with van der Waals surface area (Å²) >= 11 is 1.76. The van der Waals surface area contributed by atoms with E-state index in [1.54, 1.807) is 11.8 Å². The van der Waals surface area contributed by atoms with Gasteiger partial charge in [0.15, 0.2) is 0 Å². The second-order valence-electron chi connectivity index (χ2n) is 3.16. The molecular weight excluding hydrogens is 197 g/mol. The molecule has 0 saturated heterocycles. The van der Waals surface area contributed by atoms with Crippen LogP contribution in [0.2, 0.25) is 0 Å². The molecule has 0 amide bonds. The average molecular weight is 213 g/mol. The maximum absolute atomic E-state index is 12.6. The van der Waals surface area contributed by atoms with Gasteiger partial charge in [-0.3, -0.25) is 0 Å². The highest BCUT2D eigenvalue weighted by Gasteiger charge is 2.03. The van der Waals surface area contributed by atoms with E-state index in [-0.39, 0.29) is 5.82 Å². The average Bonchev–Trinajstić information content (AvgIpc) is 2.22. The molecule has 0 bridgehead atoms. The van der Waals surface area contributed by atoms with E-state index in [0.717, 1.165) is 17.1 Å². The zero-order valence-corrected chi connectivity index (χ0v) is 9.40. The third kappa shape index (κ3) is 3.68. The van der Waals surface area contributed by atoms with Crippen LogP contribution in [-0.2, 0) is 0 Å². The van der Waals surface area contributed by atoms with Crippen molar-refractivity contribution < 1.29 is 4.39 Å². The highest BCUT2D eigenvalue weighted by molar-refractivity contribution is 7.99. The summed E-state index contributed by atoms with van der Waals surface area (Å²) in [6.07, 6.45) is 1.12. The van der Waals surface area contributed by atoms with Crippen molar-refractivity contribution in [2.24, 2.45) is 0 Å². The van der Waals surface area contributed by atoms with Crippen molar-refractivity contribution >= 4 is 11.8 Å². The number of halogens is 1. The fraction of sp³-hybridized carbons (Fsp3) is 0.455. The van der Waals surface area contributed by atoms with Gasteiger partial charge in [-0.05, 0) is 37.7 Å². The summed E-state index contributed by atoms with van der Waals surface area (Å²) in [7, 11) is 1.97. The number of hydrogen-bond donors (Lipinski definition) is 1. The standard InChI is InChI=1S/C11H16FNS/c1-3-10(13-2)8-14-11-6-4-9(12)5-7-11/h4-7,10,13H,3,8H2,1-2H3. The lowest BCUT2D eigenvalue weighted by Gasteiger charge is -2.12. The Bertz CT molecular complexity index is 256. The van der Waals surface area contributed by atoms with Gasteiger partial charge >= 0.3 is 0 Å². The van der Waals surface area contributed by atoms with Crippen molar-refractivity contribution in [2.45, 2.75) is 24.3 Å². The van der Waals surface area contributed by atoms with E-state index in [9.17, 15) is 4.39 Å². The van der Waals surface area contributed by atoms with Crippen LogP contribution in [0.1, 0.15) is 13.3 Å². The third-order valence-corrected chi connectivity index (χ3v) is 3.34. The van der Waals surface area contributed by atoms with E-state index < -0.39 is 0 Å². The second-order valence-corrected chi connectivity index (χ2v) is 4.25. The molecule has 1 N–H and O–H groups in total. The van der Waals surface area contributed by atoms with Crippen molar-refractivity contribution in [2.75, 3.05) is 12.8 Å². The number of nitrogens with one attached hydrogen (secondary N) is 1. The van der Waals surface area contributed by atoms with E-state index in [1.807, 2.05) is 19.2 Å². The predicted octanol–water partition coefficient (Wildman–Crippen LogP) is 2.92. The second kappa shape index (κ2) is 6.04. The Kier molecular flexibility index (Phi) is 4.98. The first-order chi connectivity index (χ1) is 6.76. The summed E-state index contributed by atoms with van der Waals surface area (Å²) in [5, 5.41) is 3.24. The molecule has 0 saturated carbocycles. The van der Waals surface area contributed by atoms with Crippen LogP contribution in [0.5, 0.6) is 0 Å². The monoisotopic (exact) mass is 213 g/mol. The van der Waals surface area contributed by atoms with Crippen LogP contribution in [0.4, 0.5) is 4.39 Å². The fourth-order valence-electron chi connectivity index (χ4n) is 1.13. The largest absolute Gasteiger partial charge is 0.316 e. The topological polar surface area (TPSA) is 12.0 Å². The molecule has 0 aliphatic carbocycles. The SMILES string of the molecule is CCC(CSc1ccc(F)cc1)NC. The van der Waals surface area contributed by atoms with Gasteiger partial charge in [0.05, 0.1) is 0 Å². The van der Waals surface area contributed by atoms with Crippen molar-refractivity contribution in [3.05, 3.63) is 30.1 Å². The molecule has 3 heteroatoms. The number of thioether (sulfide) groups is 1. The van der Waals surface area contributed by atoms with E-state index in [1.165, 1.54) is 12.1 Å². The first-order valence-electron chi connectivity index (χ1n) is 4.82. The molecule has 0 fully saturated rings. The lowest BCUT2D eigenvalue weighted by atomic mass is 10.3. The molecule has 1 aromatic carbocycles. The van der Waals surface area contributed by atoms with Crippen LogP contribution in [0.3, 0.4) is 0 Å². The summed E-state index contributed by atoms with van der Waals surface area (Å²) in [6, 6.07) is 7.18. The van der Waals surface area contributed by atoms with Crippen LogP contribution in [-0.4, -0.2) is 18.8 Å². The highest BCUT2D eigenvalue weighted by atomic mass is 32.2. The number of benzene rings is 1. The van der Waals surface area contributed by atoms with Crippen LogP contribution in [0, 0.1) is 5.82 Å². The minimum atomic E-state index is -0.171. The van der Waals surface area contributed by atoms with Gasteiger partial charge in [-0.1, -0.05) is 6.92 Å². The Labute approximate surface area is 89.1 Å². The summed E-state index contributed by atoms with van der Waals surface area (Å²) in [6.45, 7) is 2.16. The van der Waals surface area contributed by atoms with Gasteiger partial charge in [0, 0.05) is 16.7 Å². The van der Waals surface area contributed by atoms with Crippen molar-refractivity contribution in [1.82, 2.24) is 5.32 Å². The number of rotatable bonds is 5. The molecular formula is C11H16FNS. The summed E-state index contributed by atoms with van der Waals surface area (Å²) in [5.41, 5.74) is 0. The molecule has 1 rings (SSSR count). The molecule has 0 heterocycles. The van der Waals surface area contributed by atoms with Crippen LogP contribution < -0.4 is 5.32 Å². The van der Waals surface area contributed by atoms with Gasteiger partial charge in [0.25, 0.3) is 0 Å². The van der Waals surface area contributed by atoms with Crippen molar-refractivity contribution in [3.63, 3.8) is 0 Å². The lowest BCUT2D eigenvalue weighted by Crippen LogP contribution is -2.26. The summed E-state index contributed by atoms with van der Waals surface area (Å²) in [4.78, 5) is 1.13. The quantitative estimate of drug-likeness (QED) is 0.755. The maximum atomic E-state index is 12.6. The zero-order chi connectivity index (χ0) is 10.4. The molecule has 1 aromatic rings. The molecule has 0 radical (unpaired) electrons. The van der Waals surface area contributed by atoms with Gasteiger partial charge < -0.3 is 5.32 Å². The van der Waals surface area contributed by atoms with E-state index in [0.29, 0.717) is 6.04 Å². The Morgan fingerprint density at radius 2 is 2.00 bits per heavy atom. The van der Waals surface area contributed by atoms with E-state index in [4.69, 9.17) is 0 Å². The number of hydrogen-bond acceptors (Lipinski definition) is 2. The zero-order valence-electron chi connectivity index (χ0n) is 8.59. The first kappa shape index (κ1) is 11.5.